The summed E-state index contributed by atoms with van der Waals surface area (Å²) in [6, 6.07) is 8.26. The molecule has 0 saturated heterocycles. The minimum absolute atomic E-state index is 0.0862. The van der Waals surface area contributed by atoms with Gasteiger partial charge < -0.3 is 19.7 Å². The summed E-state index contributed by atoms with van der Waals surface area (Å²) in [6.45, 7) is 4.04. The van der Waals surface area contributed by atoms with Gasteiger partial charge in [0.1, 0.15) is 12.6 Å². The van der Waals surface area contributed by atoms with Crippen LogP contribution in [0, 0.1) is 0 Å². The molecular formula is C17H21N3O4. The van der Waals surface area contributed by atoms with Gasteiger partial charge in [-0.1, -0.05) is 30.3 Å². The Bertz CT molecular complexity index is 682. The summed E-state index contributed by atoms with van der Waals surface area (Å²) in [5.41, 5.74) is 1.57. The molecule has 1 unspecified atom stereocenters. The van der Waals surface area contributed by atoms with Gasteiger partial charge in [-0.2, -0.15) is 0 Å². The van der Waals surface area contributed by atoms with Crippen molar-refractivity contribution in [3.05, 3.63) is 54.1 Å². The number of carbonyl (C=O) groups excluding carboxylic acids is 1. The van der Waals surface area contributed by atoms with Gasteiger partial charge in [0, 0.05) is 24.4 Å². The molecule has 0 spiro atoms. The van der Waals surface area contributed by atoms with Crippen molar-refractivity contribution in [1.82, 2.24) is 14.9 Å². The average Bonchev–Trinajstić information content (AvgIpc) is 3.01. The Kier molecular flexibility index (Phi) is 5.95. The van der Waals surface area contributed by atoms with Crippen molar-refractivity contribution in [2.45, 2.75) is 39.0 Å². The first-order valence-electron chi connectivity index (χ1n) is 7.68. The van der Waals surface area contributed by atoms with Crippen LogP contribution in [0.5, 0.6) is 0 Å². The Morgan fingerprint density at radius 2 is 2.00 bits per heavy atom. The van der Waals surface area contributed by atoms with Crippen LogP contribution in [-0.2, 0) is 22.6 Å². The van der Waals surface area contributed by atoms with Crippen LogP contribution in [0.15, 0.2) is 42.9 Å². The number of hydrogen-bond acceptors (Lipinski definition) is 4. The number of carbonyl (C=O) groups is 2. The standard InChI is InChI=1S/C17H21N3O4/c1-12(2)20-11-18-9-14(20)8-15(16(21)22)19-17(23)24-10-13-6-4-3-5-7-13/h3-7,9,11-12,15H,8,10H2,1-2H3,(H,19,23)(H,21,22). The van der Waals surface area contributed by atoms with Crippen LogP contribution in [0.3, 0.4) is 0 Å². The van der Waals surface area contributed by atoms with Crippen molar-refractivity contribution in [2.24, 2.45) is 0 Å². The summed E-state index contributed by atoms with van der Waals surface area (Å²) >= 11 is 0. The largest absolute Gasteiger partial charge is 0.480 e. The number of ether oxygens (including phenoxy) is 1. The second-order valence-electron chi connectivity index (χ2n) is 5.69. The highest BCUT2D eigenvalue weighted by Crippen LogP contribution is 2.11. The molecule has 7 heteroatoms. The normalized spacial score (nSPS) is 12.0. The molecule has 0 aliphatic rings. The number of amides is 1. The third-order valence-electron chi connectivity index (χ3n) is 3.52. The monoisotopic (exact) mass is 331 g/mol. The molecule has 1 atom stereocenters. The maximum Gasteiger partial charge on any atom is 0.408 e. The molecule has 0 aliphatic heterocycles. The summed E-state index contributed by atoms with van der Waals surface area (Å²) in [4.78, 5) is 27.3. The van der Waals surface area contributed by atoms with Crippen molar-refractivity contribution in [3.63, 3.8) is 0 Å². The lowest BCUT2D eigenvalue weighted by Gasteiger charge is -2.17. The minimum atomic E-state index is -1.12. The van der Waals surface area contributed by atoms with E-state index in [2.05, 4.69) is 10.3 Å². The molecule has 0 bridgehead atoms. The van der Waals surface area contributed by atoms with Crippen molar-refractivity contribution in [2.75, 3.05) is 0 Å². The van der Waals surface area contributed by atoms with Gasteiger partial charge in [-0.3, -0.25) is 0 Å². The third kappa shape index (κ3) is 4.84. The Morgan fingerprint density at radius 3 is 2.62 bits per heavy atom. The quantitative estimate of drug-likeness (QED) is 0.812. The first-order chi connectivity index (χ1) is 11.5. The predicted molar refractivity (Wildman–Crippen MR) is 87.5 cm³/mol. The zero-order valence-corrected chi connectivity index (χ0v) is 13.7. The van der Waals surface area contributed by atoms with E-state index in [1.165, 1.54) is 0 Å². The van der Waals surface area contributed by atoms with Crippen molar-refractivity contribution in [3.8, 4) is 0 Å². The number of benzene rings is 1. The molecule has 24 heavy (non-hydrogen) atoms. The third-order valence-corrected chi connectivity index (χ3v) is 3.52. The second kappa shape index (κ2) is 8.14. The first-order valence-corrected chi connectivity index (χ1v) is 7.68. The first kappa shape index (κ1) is 17.5. The van der Waals surface area contributed by atoms with Gasteiger partial charge in [-0.15, -0.1) is 0 Å². The maximum absolute atomic E-state index is 11.9. The summed E-state index contributed by atoms with van der Waals surface area (Å²) < 4.78 is 6.94. The predicted octanol–water partition coefficient (Wildman–Crippen LogP) is 2.39. The number of carboxylic acid groups (broad SMARTS) is 1. The summed E-state index contributed by atoms with van der Waals surface area (Å²) in [6.07, 6.45) is 2.62. The van der Waals surface area contributed by atoms with E-state index in [1.54, 1.807) is 12.5 Å². The molecular weight excluding hydrogens is 310 g/mol. The van der Waals surface area contributed by atoms with Crippen LogP contribution in [0.4, 0.5) is 4.79 Å². The van der Waals surface area contributed by atoms with E-state index in [4.69, 9.17) is 4.74 Å². The van der Waals surface area contributed by atoms with Crippen LogP contribution >= 0.6 is 0 Å². The van der Waals surface area contributed by atoms with Crippen molar-refractivity contribution in [1.29, 1.82) is 0 Å². The van der Waals surface area contributed by atoms with E-state index in [9.17, 15) is 14.7 Å². The second-order valence-corrected chi connectivity index (χ2v) is 5.69. The van der Waals surface area contributed by atoms with Crippen LogP contribution < -0.4 is 5.32 Å². The number of nitrogens with zero attached hydrogens (tertiary/aromatic N) is 2. The molecule has 2 rings (SSSR count). The average molecular weight is 331 g/mol. The molecule has 2 aromatic rings. The van der Waals surface area contributed by atoms with Crippen molar-refractivity contribution >= 4 is 12.1 Å². The van der Waals surface area contributed by atoms with Gasteiger partial charge in [0.25, 0.3) is 0 Å². The van der Waals surface area contributed by atoms with Gasteiger partial charge in [-0.05, 0) is 19.4 Å². The zero-order chi connectivity index (χ0) is 17.5. The molecule has 128 valence electrons. The number of nitrogens with one attached hydrogen (secondary N) is 1. The maximum atomic E-state index is 11.9. The van der Waals surface area contributed by atoms with Gasteiger partial charge >= 0.3 is 12.1 Å². The Morgan fingerprint density at radius 1 is 1.29 bits per heavy atom. The lowest BCUT2D eigenvalue weighted by molar-refractivity contribution is -0.139. The Hall–Kier alpha value is -2.83. The lowest BCUT2D eigenvalue weighted by atomic mass is 10.1. The number of imidazole rings is 1. The number of rotatable bonds is 7. The summed E-state index contributed by atoms with van der Waals surface area (Å²) in [5.74, 6) is -1.12. The molecule has 1 aromatic heterocycles. The highest BCUT2D eigenvalue weighted by atomic mass is 16.5. The molecule has 1 amide bonds. The number of aromatic nitrogens is 2. The minimum Gasteiger partial charge on any atom is -0.480 e. The highest BCUT2D eigenvalue weighted by molar-refractivity contribution is 5.80. The summed E-state index contributed by atoms with van der Waals surface area (Å²) in [7, 11) is 0. The van der Waals surface area contributed by atoms with Gasteiger partial charge in [0.05, 0.1) is 6.33 Å². The van der Waals surface area contributed by atoms with E-state index in [-0.39, 0.29) is 19.1 Å². The fraction of sp³-hybridized carbons (Fsp3) is 0.353. The molecule has 7 nitrogen and oxygen atoms in total. The molecule has 1 aromatic carbocycles. The van der Waals surface area contributed by atoms with Gasteiger partial charge in [0.2, 0.25) is 0 Å². The number of hydrogen-bond donors (Lipinski definition) is 2. The smallest absolute Gasteiger partial charge is 0.408 e. The molecule has 0 radical (unpaired) electrons. The Balaban J connectivity index is 1.94. The SMILES string of the molecule is CC(C)n1cncc1CC(NC(=O)OCc1ccccc1)C(=O)O. The number of carboxylic acids is 1. The van der Waals surface area contributed by atoms with Crippen LogP contribution in [0.2, 0.25) is 0 Å². The van der Waals surface area contributed by atoms with Gasteiger partial charge in [-0.25, -0.2) is 14.6 Å². The molecule has 1 heterocycles. The van der Waals surface area contributed by atoms with Gasteiger partial charge in [0.15, 0.2) is 0 Å². The number of alkyl carbamates (subject to hydrolysis) is 1. The fourth-order valence-electron chi connectivity index (χ4n) is 2.27. The van der Waals surface area contributed by atoms with E-state index in [1.807, 2.05) is 48.7 Å². The van der Waals surface area contributed by atoms with E-state index in [0.717, 1.165) is 11.3 Å². The van der Waals surface area contributed by atoms with Crippen molar-refractivity contribution < 1.29 is 19.4 Å². The molecule has 0 fully saturated rings. The van der Waals surface area contributed by atoms with Crippen LogP contribution in [0.1, 0.15) is 31.1 Å². The Labute approximate surface area is 140 Å². The fourth-order valence-corrected chi connectivity index (χ4v) is 2.27. The highest BCUT2D eigenvalue weighted by Gasteiger charge is 2.23. The van der Waals surface area contributed by atoms with Crippen LogP contribution in [0.25, 0.3) is 0 Å². The van der Waals surface area contributed by atoms with E-state index in [0.29, 0.717) is 0 Å². The lowest BCUT2D eigenvalue weighted by Crippen LogP contribution is -2.43. The van der Waals surface area contributed by atoms with E-state index < -0.39 is 18.1 Å². The molecule has 2 N–H and O–H groups in total. The molecule has 0 aliphatic carbocycles. The van der Waals surface area contributed by atoms with Crippen LogP contribution in [-0.4, -0.2) is 32.8 Å². The molecule has 0 saturated carbocycles. The summed E-state index contributed by atoms with van der Waals surface area (Å²) in [5, 5.41) is 11.7. The van der Waals surface area contributed by atoms with E-state index >= 15 is 0 Å². The zero-order valence-electron chi connectivity index (χ0n) is 13.7. The number of aliphatic carboxylic acids is 1. The topological polar surface area (TPSA) is 93.5 Å².